The van der Waals surface area contributed by atoms with E-state index in [-0.39, 0.29) is 34.7 Å². The number of ketones is 3. The van der Waals surface area contributed by atoms with Gasteiger partial charge in [-0.15, -0.1) is 11.8 Å². The van der Waals surface area contributed by atoms with Crippen LogP contribution in [0.2, 0.25) is 5.02 Å². The van der Waals surface area contributed by atoms with E-state index in [9.17, 15) is 22.8 Å². The van der Waals surface area contributed by atoms with Crippen molar-refractivity contribution in [3.05, 3.63) is 28.3 Å². The molecule has 2 aliphatic rings. The fourth-order valence-electron chi connectivity index (χ4n) is 3.43. The van der Waals surface area contributed by atoms with Crippen molar-refractivity contribution in [2.45, 2.75) is 35.2 Å². The summed E-state index contributed by atoms with van der Waals surface area (Å²) in [5, 5.41) is 3.58. The van der Waals surface area contributed by atoms with Gasteiger partial charge in [0.05, 0.1) is 16.1 Å². The van der Waals surface area contributed by atoms with Crippen LogP contribution >= 0.6 is 23.4 Å². The highest BCUT2D eigenvalue weighted by molar-refractivity contribution is 8.14. The Labute approximate surface area is 171 Å². The Morgan fingerprint density at radius 3 is 2.64 bits per heavy atom. The topological polar surface area (TPSA) is 107 Å². The van der Waals surface area contributed by atoms with Crippen LogP contribution in [-0.2, 0) is 30.7 Å². The zero-order valence-corrected chi connectivity index (χ0v) is 17.4. The minimum atomic E-state index is -3.61. The lowest BCUT2D eigenvalue weighted by Crippen LogP contribution is -2.35. The first-order valence-electron chi connectivity index (χ1n) is 8.60. The maximum Gasteiger partial charge on any atom is 0.191 e. The third-order valence-electron chi connectivity index (χ3n) is 4.78. The Hall–Kier alpha value is -1.71. The minimum absolute atomic E-state index is 0.00547. The molecule has 7 nitrogen and oxygen atoms in total. The van der Waals surface area contributed by atoms with E-state index in [0.717, 1.165) is 0 Å². The van der Waals surface area contributed by atoms with Crippen molar-refractivity contribution >= 4 is 56.8 Å². The number of oxime groups is 1. The fraction of sp³-hybridized carbons (Fsp3) is 0.444. The number of thioether (sulfide) groups is 1. The zero-order chi connectivity index (χ0) is 20.5. The second kappa shape index (κ2) is 8.34. The number of hydrogen-bond donors (Lipinski definition) is 0. The van der Waals surface area contributed by atoms with Crippen molar-refractivity contribution in [2.24, 2.45) is 11.1 Å². The molecule has 3 rings (SSSR count). The van der Waals surface area contributed by atoms with Crippen molar-refractivity contribution in [1.82, 2.24) is 0 Å². The maximum atomic E-state index is 12.8. The van der Waals surface area contributed by atoms with Gasteiger partial charge in [-0.1, -0.05) is 16.8 Å². The number of carbonyl (C=O) groups is 3. The predicted molar refractivity (Wildman–Crippen MR) is 106 cm³/mol. The molecule has 1 aromatic carbocycles. The summed E-state index contributed by atoms with van der Waals surface area (Å²) in [7, 11) is -2.22. The lowest BCUT2D eigenvalue weighted by Gasteiger charge is -2.19. The number of benzene rings is 1. The lowest BCUT2D eigenvalue weighted by atomic mass is 9.81. The zero-order valence-electron chi connectivity index (χ0n) is 15.0. The van der Waals surface area contributed by atoms with Crippen LogP contribution in [-0.4, -0.2) is 49.4 Å². The molecule has 0 aromatic heterocycles. The molecule has 1 heterocycles. The van der Waals surface area contributed by atoms with Gasteiger partial charge in [0.25, 0.3) is 0 Å². The first-order valence-corrected chi connectivity index (χ1v) is 11.6. The summed E-state index contributed by atoms with van der Waals surface area (Å²) in [6, 6.07) is 2.64. The molecule has 0 saturated heterocycles. The molecule has 0 spiro atoms. The average Bonchev–Trinajstić information content (AvgIpc) is 2.90. The summed E-state index contributed by atoms with van der Waals surface area (Å²) in [5.74, 6) is -2.46. The normalized spacial score (nSPS) is 21.9. The number of Topliss-reactive ketones (excluding diaryl/α,β-unsaturated/α-hetero) is 3. The molecule has 1 fully saturated rings. The van der Waals surface area contributed by atoms with Crippen molar-refractivity contribution in [1.29, 1.82) is 0 Å². The molecule has 1 aromatic rings. The standard InChI is InChI=1S/C18H18ClNO6S2/c1-26-20-7-8-27-15-9-11-14(28(15,24)25)6-5-10(17(11)19)18(23)16-12(21)3-2-4-13(16)22/h5-7,15-16H,2-4,8-9H2,1H3/b20-7+. The minimum Gasteiger partial charge on any atom is -0.399 e. The molecule has 1 aliphatic carbocycles. The number of nitrogens with zero attached hydrogens (tertiary/aromatic N) is 1. The molecule has 0 N–H and O–H groups in total. The number of carbonyl (C=O) groups excluding carboxylic acids is 3. The number of rotatable bonds is 6. The Kier molecular flexibility index (Phi) is 6.26. The van der Waals surface area contributed by atoms with E-state index in [2.05, 4.69) is 9.99 Å². The molecule has 0 bridgehead atoms. The van der Waals surface area contributed by atoms with Gasteiger partial charge >= 0.3 is 0 Å². The molecule has 10 heteroatoms. The number of hydrogen-bond acceptors (Lipinski definition) is 8. The number of fused-ring (bicyclic) bond motifs is 1. The van der Waals surface area contributed by atoms with Crippen LogP contribution in [0.5, 0.6) is 0 Å². The molecule has 1 atom stereocenters. The van der Waals surface area contributed by atoms with E-state index < -0.39 is 37.7 Å². The van der Waals surface area contributed by atoms with Gasteiger partial charge in [-0.25, -0.2) is 8.42 Å². The molecule has 0 amide bonds. The highest BCUT2D eigenvalue weighted by atomic mass is 35.5. The molecular formula is C18H18ClNO6S2. The van der Waals surface area contributed by atoms with Gasteiger partial charge < -0.3 is 4.84 Å². The molecule has 1 aliphatic heterocycles. The highest BCUT2D eigenvalue weighted by Crippen LogP contribution is 2.42. The third-order valence-corrected chi connectivity index (χ3v) is 9.11. The maximum absolute atomic E-state index is 12.8. The Bertz CT molecular complexity index is 957. The quantitative estimate of drug-likeness (QED) is 0.287. The van der Waals surface area contributed by atoms with E-state index in [1.165, 1.54) is 37.2 Å². The summed E-state index contributed by atoms with van der Waals surface area (Å²) in [4.78, 5) is 41.6. The molecule has 28 heavy (non-hydrogen) atoms. The second-order valence-corrected chi connectivity index (χ2v) is 10.5. The molecule has 1 unspecified atom stereocenters. The Morgan fingerprint density at radius 2 is 2.00 bits per heavy atom. The number of halogens is 1. The van der Waals surface area contributed by atoms with Crippen molar-refractivity contribution < 1.29 is 27.6 Å². The summed E-state index contributed by atoms with van der Waals surface area (Å²) in [5.41, 5.74) is 0.375. The average molecular weight is 444 g/mol. The van der Waals surface area contributed by atoms with Gasteiger partial charge in [0, 0.05) is 30.6 Å². The molecular weight excluding hydrogens is 426 g/mol. The van der Waals surface area contributed by atoms with E-state index >= 15 is 0 Å². The monoisotopic (exact) mass is 443 g/mol. The van der Waals surface area contributed by atoms with Crippen LogP contribution in [0.25, 0.3) is 0 Å². The van der Waals surface area contributed by atoms with E-state index in [1.807, 2.05) is 0 Å². The smallest absolute Gasteiger partial charge is 0.191 e. The van der Waals surface area contributed by atoms with E-state index in [1.54, 1.807) is 0 Å². The Morgan fingerprint density at radius 1 is 1.32 bits per heavy atom. The van der Waals surface area contributed by atoms with Gasteiger partial charge in [0.2, 0.25) is 0 Å². The predicted octanol–water partition coefficient (Wildman–Crippen LogP) is 2.48. The number of sulfone groups is 1. The molecule has 150 valence electrons. The van der Waals surface area contributed by atoms with Crippen LogP contribution in [0.1, 0.15) is 35.2 Å². The van der Waals surface area contributed by atoms with Gasteiger partial charge in [-0.3, -0.25) is 14.4 Å². The molecule has 1 saturated carbocycles. The van der Waals surface area contributed by atoms with Gasteiger partial charge in [-0.05, 0) is 24.1 Å². The van der Waals surface area contributed by atoms with Crippen LogP contribution in [0.3, 0.4) is 0 Å². The summed E-state index contributed by atoms with van der Waals surface area (Å²) in [6.45, 7) is 0. The third kappa shape index (κ3) is 3.75. The van der Waals surface area contributed by atoms with Crippen molar-refractivity contribution in [3.63, 3.8) is 0 Å². The fourth-order valence-corrected chi connectivity index (χ4v) is 7.18. The first-order chi connectivity index (χ1) is 13.3. The summed E-state index contributed by atoms with van der Waals surface area (Å²) >= 11 is 7.55. The van der Waals surface area contributed by atoms with Crippen molar-refractivity contribution in [2.75, 3.05) is 12.9 Å². The van der Waals surface area contributed by atoms with Crippen LogP contribution in [0.15, 0.2) is 22.2 Å². The molecule has 0 radical (unpaired) electrons. The van der Waals surface area contributed by atoms with Gasteiger partial charge in [0.15, 0.2) is 27.2 Å². The van der Waals surface area contributed by atoms with E-state index in [0.29, 0.717) is 17.7 Å². The highest BCUT2D eigenvalue weighted by Gasteiger charge is 2.42. The van der Waals surface area contributed by atoms with Gasteiger partial charge in [0.1, 0.15) is 17.6 Å². The largest absolute Gasteiger partial charge is 0.399 e. The lowest BCUT2D eigenvalue weighted by molar-refractivity contribution is -0.133. The van der Waals surface area contributed by atoms with Crippen LogP contribution in [0, 0.1) is 5.92 Å². The van der Waals surface area contributed by atoms with Crippen LogP contribution in [0.4, 0.5) is 0 Å². The first kappa shape index (κ1) is 21.0. The summed E-state index contributed by atoms with van der Waals surface area (Å²) < 4.78 is 24.7. The van der Waals surface area contributed by atoms with Gasteiger partial charge in [-0.2, -0.15) is 0 Å². The summed E-state index contributed by atoms with van der Waals surface area (Å²) in [6.07, 6.45) is 2.40. The van der Waals surface area contributed by atoms with E-state index in [4.69, 9.17) is 11.6 Å². The SMILES string of the molecule is CO/N=C/CSC1Cc2c(ccc(C(=O)C3C(=O)CCCC3=O)c2Cl)S1(=O)=O. The Balaban J connectivity index is 1.90. The van der Waals surface area contributed by atoms with Crippen LogP contribution < -0.4 is 0 Å². The van der Waals surface area contributed by atoms with Crippen molar-refractivity contribution in [3.8, 4) is 0 Å². The second-order valence-electron chi connectivity index (χ2n) is 6.47.